The van der Waals surface area contributed by atoms with Crippen LogP contribution in [-0.4, -0.2) is 20.9 Å². The maximum absolute atomic E-state index is 12.3. The van der Waals surface area contributed by atoms with Gasteiger partial charge in [-0.05, 0) is 36.2 Å². The predicted molar refractivity (Wildman–Crippen MR) is 101 cm³/mol. The first kappa shape index (κ1) is 17.3. The van der Waals surface area contributed by atoms with Crippen molar-refractivity contribution in [2.75, 3.05) is 0 Å². The van der Waals surface area contributed by atoms with Crippen LogP contribution in [0.5, 0.6) is 0 Å². The minimum Gasteiger partial charge on any atom is -0.351 e. The first-order valence-corrected chi connectivity index (χ1v) is 9.13. The summed E-state index contributed by atoms with van der Waals surface area (Å²) in [5.41, 5.74) is 2.28. The summed E-state index contributed by atoms with van der Waals surface area (Å²) in [5, 5.41) is 7.09. The topological polar surface area (TPSA) is 46.9 Å². The van der Waals surface area contributed by atoms with Crippen LogP contribution in [0.15, 0.2) is 78.0 Å². The van der Waals surface area contributed by atoms with Gasteiger partial charge in [-0.3, -0.25) is 9.48 Å². The number of hydrogen-bond acceptors (Lipinski definition) is 3. The van der Waals surface area contributed by atoms with E-state index in [0.717, 1.165) is 17.0 Å². The van der Waals surface area contributed by atoms with Gasteiger partial charge in [-0.25, -0.2) is 0 Å². The Balaban J connectivity index is 1.48. The molecule has 25 heavy (non-hydrogen) atoms. The molecule has 0 radical (unpaired) electrons. The van der Waals surface area contributed by atoms with E-state index >= 15 is 0 Å². The zero-order chi connectivity index (χ0) is 17.5. The quantitative estimate of drug-likeness (QED) is 0.660. The number of thioether (sulfide) groups is 1. The fourth-order valence-electron chi connectivity index (χ4n) is 2.43. The fraction of sp³-hybridized carbons (Fsp3) is 0.200. The number of carbonyl (C=O) groups excluding carboxylic acids is 1. The predicted octanol–water partition coefficient (Wildman–Crippen LogP) is 3.73. The Hall–Kier alpha value is -2.53. The van der Waals surface area contributed by atoms with Crippen LogP contribution in [0.2, 0.25) is 0 Å². The summed E-state index contributed by atoms with van der Waals surface area (Å²) in [6, 6.07) is 20.2. The largest absolute Gasteiger partial charge is 0.351 e. The SMILES string of the molecule is C[C@@H](Sc1ccccc1)C(=O)NCc1ccc(Cn2cccn2)cc1. The van der Waals surface area contributed by atoms with Gasteiger partial charge >= 0.3 is 0 Å². The summed E-state index contributed by atoms with van der Waals surface area (Å²) in [6.45, 7) is 3.23. The van der Waals surface area contributed by atoms with Crippen molar-refractivity contribution in [3.63, 3.8) is 0 Å². The lowest BCUT2D eigenvalue weighted by atomic mass is 10.1. The van der Waals surface area contributed by atoms with Crippen LogP contribution in [-0.2, 0) is 17.9 Å². The van der Waals surface area contributed by atoms with E-state index in [1.165, 1.54) is 5.56 Å². The molecule has 0 aliphatic heterocycles. The molecule has 1 heterocycles. The zero-order valence-electron chi connectivity index (χ0n) is 14.1. The highest BCUT2D eigenvalue weighted by molar-refractivity contribution is 8.00. The average Bonchev–Trinajstić information content (AvgIpc) is 3.14. The molecule has 3 rings (SSSR count). The van der Waals surface area contributed by atoms with Gasteiger partial charge in [-0.2, -0.15) is 5.10 Å². The summed E-state index contributed by atoms with van der Waals surface area (Å²) in [6.07, 6.45) is 3.72. The fourth-order valence-corrected chi connectivity index (χ4v) is 3.35. The summed E-state index contributed by atoms with van der Waals surface area (Å²) in [5.74, 6) is 0.0504. The van der Waals surface area contributed by atoms with Crippen molar-refractivity contribution in [1.29, 1.82) is 0 Å². The molecular weight excluding hydrogens is 330 g/mol. The highest BCUT2D eigenvalue weighted by Gasteiger charge is 2.13. The molecule has 0 saturated carbocycles. The molecule has 0 spiro atoms. The van der Waals surface area contributed by atoms with E-state index < -0.39 is 0 Å². The van der Waals surface area contributed by atoms with Gasteiger partial charge < -0.3 is 5.32 Å². The van der Waals surface area contributed by atoms with Crippen LogP contribution in [0.25, 0.3) is 0 Å². The molecule has 0 aliphatic rings. The van der Waals surface area contributed by atoms with Crippen molar-refractivity contribution in [1.82, 2.24) is 15.1 Å². The van der Waals surface area contributed by atoms with Crippen LogP contribution in [0, 0.1) is 0 Å². The van der Waals surface area contributed by atoms with Gasteiger partial charge in [-0.15, -0.1) is 11.8 Å². The Morgan fingerprint density at radius 3 is 2.48 bits per heavy atom. The van der Waals surface area contributed by atoms with Gasteiger partial charge in [0.1, 0.15) is 0 Å². The smallest absolute Gasteiger partial charge is 0.233 e. The number of amides is 1. The van der Waals surface area contributed by atoms with Crippen LogP contribution < -0.4 is 5.32 Å². The third-order valence-electron chi connectivity index (χ3n) is 3.82. The monoisotopic (exact) mass is 351 g/mol. The Morgan fingerprint density at radius 1 is 1.08 bits per heavy atom. The van der Waals surface area contributed by atoms with E-state index in [9.17, 15) is 4.79 Å². The Labute approximate surface area is 152 Å². The molecule has 0 bridgehead atoms. The van der Waals surface area contributed by atoms with Crippen molar-refractivity contribution in [3.8, 4) is 0 Å². The van der Waals surface area contributed by atoms with E-state index in [4.69, 9.17) is 0 Å². The number of carbonyl (C=O) groups is 1. The first-order chi connectivity index (χ1) is 12.2. The van der Waals surface area contributed by atoms with Gasteiger partial charge in [0.05, 0.1) is 11.8 Å². The summed E-state index contributed by atoms with van der Waals surface area (Å²) in [4.78, 5) is 13.4. The van der Waals surface area contributed by atoms with E-state index in [-0.39, 0.29) is 11.2 Å². The second kappa shape index (κ2) is 8.53. The molecule has 2 aromatic carbocycles. The molecule has 1 aromatic heterocycles. The van der Waals surface area contributed by atoms with Crippen molar-refractivity contribution in [3.05, 3.63) is 84.2 Å². The Kier molecular flexibility index (Phi) is 5.90. The number of nitrogens with zero attached hydrogens (tertiary/aromatic N) is 2. The minimum atomic E-state index is -0.124. The van der Waals surface area contributed by atoms with E-state index in [0.29, 0.717) is 6.54 Å². The van der Waals surface area contributed by atoms with Gasteiger partial charge in [-0.1, -0.05) is 42.5 Å². The van der Waals surface area contributed by atoms with Gasteiger partial charge in [0, 0.05) is 23.8 Å². The minimum absolute atomic E-state index is 0.0504. The molecule has 1 N–H and O–H groups in total. The molecule has 1 atom stereocenters. The zero-order valence-corrected chi connectivity index (χ0v) is 14.9. The maximum Gasteiger partial charge on any atom is 0.233 e. The van der Waals surface area contributed by atoms with Gasteiger partial charge in [0.2, 0.25) is 5.91 Å². The molecule has 4 nitrogen and oxygen atoms in total. The number of hydrogen-bond donors (Lipinski definition) is 1. The lowest BCUT2D eigenvalue weighted by Gasteiger charge is -2.12. The lowest BCUT2D eigenvalue weighted by molar-refractivity contribution is -0.120. The normalized spacial score (nSPS) is 11.9. The molecular formula is C20H21N3OS. The number of aromatic nitrogens is 2. The molecule has 0 saturated heterocycles. The van der Waals surface area contributed by atoms with E-state index in [1.54, 1.807) is 18.0 Å². The van der Waals surface area contributed by atoms with Gasteiger partial charge in [0.25, 0.3) is 0 Å². The lowest BCUT2D eigenvalue weighted by Crippen LogP contribution is -2.30. The highest BCUT2D eigenvalue weighted by Crippen LogP contribution is 2.22. The van der Waals surface area contributed by atoms with Gasteiger partial charge in [0.15, 0.2) is 0 Å². The number of nitrogens with one attached hydrogen (secondary N) is 1. The number of rotatable bonds is 7. The summed E-state index contributed by atoms with van der Waals surface area (Å²) in [7, 11) is 0. The van der Waals surface area contributed by atoms with Crippen molar-refractivity contribution < 1.29 is 4.79 Å². The van der Waals surface area contributed by atoms with Crippen LogP contribution in [0.4, 0.5) is 0 Å². The van der Waals surface area contributed by atoms with Crippen LogP contribution in [0.1, 0.15) is 18.1 Å². The molecule has 1 amide bonds. The third-order valence-corrected chi connectivity index (χ3v) is 4.93. The molecule has 0 aliphatic carbocycles. The standard InChI is InChI=1S/C20H21N3OS/c1-16(25-19-6-3-2-4-7-19)20(24)21-14-17-8-10-18(11-9-17)15-23-13-5-12-22-23/h2-13,16H,14-15H2,1H3,(H,21,24)/t16-/m1/s1. The van der Waals surface area contributed by atoms with Crippen molar-refractivity contribution in [2.24, 2.45) is 0 Å². The average molecular weight is 351 g/mol. The summed E-state index contributed by atoms with van der Waals surface area (Å²) < 4.78 is 1.89. The van der Waals surface area contributed by atoms with E-state index in [2.05, 4.69) is 22.5 Å². The Morgan fingerprint density at radius 2 is 1.80 bits per heavy atom. The third kappa shape index (κ3) is 5.22. The second-order valence-electron chi connectivity index (χ2n) is 5.81. The first-order valence-electron chi connectivity index (χ1n) is 8.25. The number of benzene rings is 2. The van der Waals surface area contributed by atoms with Crippen LogP contribution in [0.3, 0.4) is 0 Å². The summed E-state index contributed by atoms with van der Waals surface area (Å²) >= 11 is 1.57. The van der Waals surface area contributed by atoms with Crippen molar-refractivity contribution >= 4 is 17.7 Å². The molecule has 128 valence electrons. The van der Waals surface area contributed by atoms with Crippen LogP contribution >= 0.6 is 11.8 Å². The van der Waals surface area contributed by atoms with E-state index in [1.807, 2.05) is 66.3 Å². The highest BCUT2D eigenvalue weighted by atomic mass is 32.2. The maximum atomic E-state index is 12.3. The Bertz CT molecular complexity index is 786. The van der Waals surface area contributed by atoms with Crippen molar-refractivity contribution in [2.45, 2.75) is 30.2 Å². The molecule has 0 unspecified atom stereocenters. The molecule has 3 aromatic rings. The molecule has 5 heteroatoms. The second-order valence-corrected chi connectivity index (χ2v) is 7.23. The molecule has 0 fully saturated rings.